The first kappa shape index (κ1) is 11.9. The fourth-order valence-electron chi connectivity index (χ4n) is 0.654. The highest BCUT2D eigenvalue weighted by atomic mass is 35.5. The molecule has 1 rings (SSSR count). The molecule has 0 spiro atoms. The Morgan fingerprint density at radius 1 is 1.67 bits per heavy atom. The SMILES string of the molecule is CC(C)O/N=C(\C(=O)Cl)c1nsc(N)n1. The Kier molecular flexibility index (Phi) is 3.98. The second-order valence-corrected chi connectivity index (χ2v) is 3.95. The van der Waals surface area contributed by atoms with Crippen LogP contribution in [0.2, 0.25) is 0 Å². The number of nitrogen functional groups attached to an aromatic ring is 1. The van der Waals surface area contributed by atoms with E-state index in [2.05, 4.69) is 14.5 Å². The number of anilines is 1. The minimum Gasteiger partial charge on any atom is -0.392 e. The minimum absolute atomic E-state index is 0.0816. The summed E-state index contributed by atoms with van der Waals surface area (Å²) in [6, 6.07) is 0. The second kappa shape index (κ2) is 5.04. The summed E-state index contributed by atoms with van der Waals surface area (Å²) in [7, 11) is 0. The van der Waals surface area contributed by atoms with E-state index in [-0.39, 0.29) is 22.8 Å². The number of hydrogen-bond acceptors (Lipinski definition) is 7. The molecule has 1 aromatic rings. The number of nitrogens with zero attached hydrogens (tertiary/aromatic N) is 3. The third-order valence-electron chi connectivity index (χ3n) is 1.19. The molecule has 6 nitrogen and oxygen atoms in total. The molecule has 0 aromatic carbocycles. The Balaban J connectivity index is 2.93. The smallest absolute Gasteiger partial charge is 0.278 e. The maximum Gasteiger partial charge on any atom is 0.278 e. The van der Waals surface area contributed by atoms with E-state index in [1.54, 1.807) is 13.8 Å². The molecular weight excluding hydrogens is 240 g/mol. The summed E-state index contributed by atoms with van der Waals surface area (Å²) < 4.78 is 3.80. The van der Waals surface area contributed by atoms with E-state index in [0.717, 1.165) is 11.5 Å². The van der Waals surface area contributed by atoms with Gasteiger partial charge >= 0.3 is 0 Å². The molecule has 0 amide bonds. The van der Waals surface area contributed by atoms with Crippen molar-refractivity contribution < 1.29 is 9.63 Å². The van der Waals surface area contributed by atoms with E-state index in [4.69, 9.17) is 22.2 Å². The molecule has 8 heteroatoms. The van der Waals surface area contributed by atoms with Crippen LogP contribution in [-0.2, 0) is 9.63 Å². The first-order chi connectivity index (χ1) is 7.00. The Bertz CT molecular complexity index is 390. The van der Waals surface area contributed by atoms with Gasteiger partial charge in [0.15, 0.2) is 5.13 Å². The minimum atomic E-state index is -0.784. The number of carbonyl (C=O) groups excluding carboxylic acids is 1. The molecule has 15 heavy (non-hydrogen) atoms. The molecule has 2 N–H and O–H groups in total. The van der Waals surface area contributed by atoms with Gasteiger partial charge in [0.25, 0.3) is 5.24 Å². The predicted molar refractivity (Wildman–Crippen MR) is 57.9 cm³/mol. The molecule has 1 aromatic heterocycles. The number of rotatable bonds is 4. The van der Waals surface area contributed by atoms with Crippen LogP contribution in [0, 0.1) is 0 Å². The maximum atomic E-state index is 11.0. The van der Waals surface area contributed by atoms with Gasteiger partial charge in [-0.3, -0.25) is 4.79 Å². The zero-order valence-corrected chi connectivity index (χ0v) is 9.67. The fraction of sp³-hybridized carbons (Fsp3) is 0.429. The van der Waals surface area contributed by atoms with Crippen LogP contribution in [0.5, 0.6) is 0 Å². The average molecular weight is 249 g/mol. The molecule has 0 aliphatic heterocycles. The van der Waals surface area contributed by atoms with Gasteiger partial charge < -0.3 is 10.6 Å². The molecule has 82 valence electrons. The standard InChI is InChI=1S/C7H9ClN4O2S/c1-3(2)14-11-4(5(8)13)6-10-7(9)15-12-6/h3H,1-2H3,(H2,9,10,12)/b11-4+. The molecular formula is C7H9ClN4O2S. The van der Waals surface area contributed by atoms with Crippen LogP contribution in [0.1, 0.15) is 19.7 Å². The maximum absolute atomic E-state index is 11.0. The van der Waals surface area contributed by atoms with Crippen molar-refractivity contribution in [2.24, 2.45) is 5.16 Å². The Labute approximate surface area is 95.2 Å². The van der Waals surface area contributed by atoms with E-state index >= 15 is 0 Å². The largest absolute Gasteiger partial charge is 0.392 e. The Morgan fingerprint density at radius 3 is 2.73 bits per heavy atom. The molecule has 0 fully saturated rings. The first-order valence-electron chi connectivity index (χ1n) is 4.04. The van der Waals surface area contributed by atoms with Gasteiger partial charge in [0.05, 0.1) is 0 Å². The third kappa shape index (κ3) is 3.45. The molecule has 0 saturated carbocycles. The molecule has 0 atom stereocenters. The fourth-order valence-corrected chi connectivity index (χ4v) is 1.21. The quantitative estimate of drug-likeness (QED) is 0.488. The van der Waals surface area contributed by atoms with Crippen LogP contribution >= 0.6 is 23.1 Å². The van der Waals surface area contributed by atoms with Gasteiger partial charge in [0.1, 0.15) is 6.10 Å². The van der Waals surface area contributed by atoms with Crippen LogP contribution in [-0.4, -0.2) is 26.4 Å². The number of hydrogen-bond donors (Lipinski definition) is 1. The van der Waals surface area contributed by atoms with Gasteiger partial charge in [-0.15, -0.1) is 0 Å². The number of aromatic nitrogens is 2. The normalized spacial score (nSPS) is 11.9. The Hall–Kier alpha value is -1.21. The van der Waals surface area contributed by atoms with Crippen molar-refractivity contribution in [3.05, 3.63) is 5.82 Å². The van der Waals surface area contributed by atoms with E-state index < -0.39 is 5.24 Å². The molecule has 1 heterocycles. The molecule has 0 bridgehead atoms. The van der Waals surface area contributed by atoms with Gasteiger partial charge in [-0.2, -0.15) is 9.36 Å². The second-order valence-electron chi connectivity index (χ2n) is 2.82. The van der Waals surface area contributed by atoms with Crippen molar-refractivity contribution in [1.82, 2.24) is 9.36 Å². The van der Waals surface area contributed by atoms with Crippen LogP contribution in [0.15, 0.2) is 5.16 Å². The summed E-state index contributed by atoms with van der Waals surface area (Å²) in [6.45, 7) is 3.53. The van der Waals surface area contributed by atoms with E-state index in [1.165, 1.54) is 0 Å². The summed E-state index contributed by atoms with van der Waals surface area (Å²) in [5, 5.41) is 3.02. The van der Waals surface area contributed by atoms with Gasteiger partial charge in [-0.1, -0.05) is 5.16 Å². The van der Waals surface area contributed by atoms with Crippen LogP contribution in [0.4, 0.5) is 5.13 Å². The van der Waals surface area contributed by atoms with Crippen LogP contribution in [0.3, 0.4) is 0 Å². The predicted octanol–water partition coefficient (Wildman–Crippen LogP) is 1.01. The summed E-state index contributed by atoms with van der Waals surface area (Å²) in [4.78, 5) is 19.7. The lowest BCUT2D eigenvalue weighted by molar-refractivity contribution is -0.106. The van der Waals surface area contributed by atoms with Crippen molar-refractivity contribution in [1.29, 1.82) is 0 Å². The Morgan fingerprint density at radius 2 is 2.33 bits per heavy atom. The summed E-state index contributed by atoms with van der Waals surface area (Å²) >= 11 is 6.26. The highest BCUT2D eigenvalue weighted by Gasteiger charge is 2.18. The van der Waals surface area contributed by atoms with Crippen LogP contribution < -0.4 is 5.73 Å². The van der Waals surface area contributed by atoms with Crippen molar-refractivity contribution in [2.45, 2.75) is 20.0 Å². The molecule has 0 unspecified atom stereocenters. The topological polar surface area (TPSA) is 90.5 Å². The van der Waals surface area contributed by atoms with Crippen LogP contribution in [0.25, 0.3) is 0 Å². The molecule has 0 saturated heterocycles. The van der Waals surface area contributed by atoms with Crippen molar-refractivity contribution >= 4 is 39.2 Å². The van der Waals surface area contributed by atoms with Crippen molar-refractivity contribution in [2.75, 3.05) is 5.73 Å². The number of carbonyl (C=O) groups is 1. The third-order valence-corrected chi connectivity index (χ3v) is 1.92. The number of halogens is 1. The average Bonchev–Trinajstić information content (AvgIpc) is 2.51. The van der Waals surface area contributed by atoms with E-state index in [1.807, 2.05) is 0 Å². The zero-order valence-electron chi connectivity index (χ0n) is 8.10. The van der Waals surface area contributed by atoms with Gasteiger partial charge in [0, 0.05) is 11.5 Å². The lowest BCUT2D eigenvalue weighted by Crippen LogP contribution is -2.13. The van der Waals surface area contributed by atoms with Gasteiger partial charge in [-0.05, 0) is 25.4 Å². The monoisotopic (exact) mass is 248 g/mol. The number of oxime groups is 1. The van der Waals surface area contributed by atoms with E-state index in [0.29, 0.717) is 0 Å². The lowest BCUT2D eigenvalue weighted by Gasteiger charge is -2.02. The zero-order chi connectivity index (χ0) is 11.4. The molecule has 0 radical (unpaired) electrons. The summed E-state index contributed by atoms with van der Waals surface area (Å²) in [5.41, 5.74) is 5.23. The molecule has 0 aliphatic carbocycles. The van der Waals surface area contributed by atoms with Crippen molar-refractivity contribution in [3.63, 3.8) is 0 Å². The van der Waals surface area contributed by atoms with Gasteiger partial charge in [-0.25, -0.2) is 0 Å². The highest BCUT2D eigenvalue weighted by Crippen LogP contribution is 2.09. The summed E-state index contributed by atoms with van der Waals surface area (Å²) in [5.74, 6) is 0.0816. The highest BCUT2D eigenvalue weighted by molar-refractivity contribution is 7.09. The van der Waals surface area contributed by atoms with Gasteiger partial charge in [0.2, 0.25) is 11.5 Å². The lowest BCUT2D eigenvalue weighted by atomic mass is 10.4. The van der Waals surface area contributed by atoms with Crippen molar-refractivity contribution in [3.8, 4) is 0 Å². The van der Waals surface area contributed by atoms with E-state index in [9.17, 15) is 4.79 Å². The first-order valence-corrected chi connectivity index (χ1v) is 5.19. The summed E-state index contributed by atoms with van der Waals surface area (Å²) in [6.07, 6.45) is -0.160. The molecule has 0 aliphatic rings. The number of nitrogens with two attached hydrogens (primary N) is 1.